The van der Waals surface area contributed by atoms with E-state index in [1.807, 2.05) is 12.1 Å². The van der Waals surface area contributed by atoms with Crippen molar-refractivity contribution in [3.05, 3.63) is 47.2 Å². The highest BCUT2D eigenvalue weighted by molar-refractivity contribution is 7.17. The summed E-state index contributed by atoms with van der Waals surface area (Å²) >= 11 is 1.25. The van der Waals surface area contributed by atoms with Gasteiger partial charge in [0.2, 0.25) is 5.82 Å². The van der Waals surface area contributed by atoms with Crippen LogP contribution in [-0.4, -0.2) is 9.97 Å². The van der Waals surface area contributed by atoms with E-state index in [1.54, 1.807) is 29.6 Å². The van der Waals surface area contributed by atoms with Gasteiger partial charge < -0.3 is 0 Å². The molecule has 22 heavy (non-hydrogen) atoms. The van der Waals surface area contributed by atoms with Crippen LogP contribution >= 0.6 is 11.3 Å². The van der Waals surface area contributed by atoms with Crippen LogP contribution in [0.25, 0.3) is 21.3 Å². The summed E-state index contributed by atoms with van der Waals surface area (Å²) in [4.78, 5) is 7.21. The lowest BCUT2D eigenvalue weighted by Gasteiger charge is -2.07. The summed E-state index contributed by atoms with van der Waals surface area (Å²) in [5.41, 5.74) is 1.76. The molecule has 3 aromatic rings. The van der Waals surface area contributed by atoms with Gasteiger partial charge in [0, 0.05) is 10.9 Å². The molecule has 0 saturated heterocycles. The lowest BCUT2D eigenvalue weighted by molar-refractivity contribution is -0.144. The molecule has 7 heteroatoms. The zero-order valence-corrected chi connectivity index (χ0v) is 11.9. The second-order valence-electron chi connectivity index (χ2n) is 4.52. The van der Waals surface area contributed by atoms with Gasteiger partial charge in [0.15, 0.2) is 0 Å². The van der Waals surface area contributed by atoms with Gasteiger partial charge in [0.1, 0.15) is 0 Å². The molecule has 2 aromatic heterocycles. The van der Waals surface area contributed by atoms with Crippen molar-refractivity contribution in [1.29, 1.82) is 5.26 Å². The van der Waals surface area contributed by atoms with E-state index < -0.39 is 12.0 Å². The second kappa shape index (κ2) is 5.39. The topological polar surface area (TPSA) is 49.6 Å². The Labute approximate surface area is 127 Å². The van der Waals surface area contributed by atoms with Crippen LogP contribution in [0.3, 0.4) is 0 Å². The first kappa shape index (κ1) is 14.5. The Morgan fingerprint density at radius 3 is 2.50 bits per heavy atom. The van der Waals surface area contributed by atoms with Crippen LogP contribution in [0.4, 0.5) is 13.2 Å². The van der Waals surface area contributed by atoms with Crippen LogP contribution in [0, 0.1) is 11.3 Å². The molecule has 3 nitrogen and oxygen atoms in total. The third-order valence-electron chi connectivity index (χ3n) is 3.07. The summed E-state index contributed by atoms with van der Waals surface area (Å²) in [6, 6.07) is 10.9. The Morgan fingerprint density at radius 2 is 1.86 bits per heavy atom. The van der Waals surface area contributed by atoms with Gasteiger partial charge in [-0.15, -0.1) is 11.3 Å². The van der Waals surface area contributed by atoms with Gasteiger partial charge in [-0.2, -0.15) is 18.4 Å². The number of hydrogen-bond acceptors (Lipinski definition) is 4. The maximum absolute atomic E-state index is 13.0. The fraction of sp³-hybridized carbons (Fsp3) is 0.133. The van der Waals surface area contributed by atoms with E-state index in [-0.39, 0.29) is 17.6 Å². The predicted octanol–water partition coefficient (Wildman–Crippen LogP) is 4.44. The van der Waals surface area contributed by atoms with E-state index in [2.05, 4.69) is 9.97 Å². The zero-order chi connectivity index (χ0) is 15.7. The molecule has 0 bridgehead atoms. The Kier molecular flexibility index (Phi) is 3.54. The minimum Gasteiger partial charge on any atom is -0.227 e. The second-order valence-corrected chi connectivity index (χ2v) is 5.40. The van der Waals surface area contributed by atoms with Crippen molar-refractivity contribution in [3.8, 4) is 17.2 Å². The van der Waals surface area contributed by atoms with E-state index in [9.17, 15) is 13.2 Å². The van der Waals surface area contributed by atoms with Crippen molar-refractivity contribution >= 4 is 21.6 Å². The van der Waals surface area contributed by atoms with E-state index in [0.29, 0.717) is 10.3 Å². The summed E-state index contributed by atoms with van der Waals surface area (Å²) in [6.07, 6.45) is -4.83. The number of nitriles is 1. The maximum atomic E-state index is 13.0. The largest absolute Gasteiger partial charge is 0.451 e. The number of rotatable bonds is 2. The molecule has 0 amide bonds. The van der Waals surface area contributed by atoms with Gasteiger partial charge in [0.05, 0.1) is 28.4 Å². The fourth-order valence-corrected chi connectivity index (χ4v) is 3.13. The standard InChI is InChI=1S/C15H8F3N3S/c16-15(17,18)14-20-11(6-7-19)13-12(21-14)10(8-22-13)9-4-2-1-3-5-9/h1-5,8H,6H2. The molecule has 0 saturated carbocycles. The van der Waals surface area contributed by atoms with Crippen molar-refractivity contribution < 1.29 is 13.2 Å². The van der Waals surface area contributed by atoms with E-state index >= 15 is 0 Å². The Hall–Kier alpha value is -2.46. The monoisotopic (exact) mass is 319 g/mol. The van der Waals surface area contributed by atoms with Gasteiger partial charge >= 0.3 is 6.18 Å². The van der Waals surface area contributed by atoms with Gasteiger partial charge in [-0.25, -0.2) is 9.97 Å². The van der Waals surface area contributed by atoms with Gasteiger partial charge in [0.25, 0.3) is 0 Å². The smallest absolute Gasteiger partial charge is 0.227 e. The zero-order valence-electron chi connectivity index (χ0n) is 11.1. The minimum atomic E-state index is -4.64. The fourth-order valence-electron chi connectivity index (χ4n) is 2.12. The van der Waals surface area contributed by atoms with E-state index in [0.717, 1.165) is 5.56 Å². The number of benzene rings is 1. The summed E-state index contributed by atoms with van der Waals surface area (Å²) in [5.74, 6) is -1.21. The lowest BCUT2D eigenvalue weighted by atomic mass is 10.1. The molecule has 0 aliphatic heterocycles. The molecule has 3 rings (SSSR count). The average molecular weight is 319 g/mol. The van der Waals surface area contributed by atoms with Crippen molar-refractivity contribution in [2.45, 2.75) is 12.6 Å². The normalized spacial score (nSPS) is 11.5. The van der Waals surface area contributed by atoms with E-state index in [1.165, 1.54) is 11.3 Å². The molecule has 110 valence electrons. The van der Waals surface area contributed by atoms with Crippen molar-refractivity contribution in [2.75, 3.05) is 0 Å². The molecule has 0 aliphatic carbocycles. The number of halogens is 3. The highest BCUT2D eigenvalue weighted by atomic mass is 32.1. The molecular formula is C15H8F3N3S. The van der Waals surface area contributed by atoms with E-state index in [4.69, 9.17) is 5.26 Å². The van der Waals surface area contributed by atoms with Gasteiger partial charge in [-0.05, 0) is 5.56 Å². The van der Waals surface area contributed by atoms with Crippen molar-refractivity contribution in [1.82, 2.24) is 9.97 Å². The molecule has 0 unspecified atom stereocenters. The molecule has 0 atom stereocenters. The Bertz CT molecular complexity index is 863. The summed E-state index contributed by atoms with van der Waals surface area (Å²) in [5, 5.41) is 10.6. The number of nitrogens with zero attached hydrogens (tertiary/aromatic N) is 3. The van der Waals surface area contributed by atoms with Crippen LogP contribution in [0.5, 0.6) is 0 Å². The van der Waals surface area contributed by atoms with Crippen molar-refractivity contribution in [2.24, 2.45) is 0 Å². The first-order chi connectivity index (χ1) is 10.5. The predicted molar refractivity (Wildman–Crippen MR) is 77.2 cm³/mol. The Balaban J connectivity index is 2.30. The quantitative estimate of drug-likeness (QED) is 0.701. The number of hydrogen-bond donors (Lipinski definition) is 0. The summed E-state index contributed by atoms with van der Waals surface area (Å²) < 4.78 is 39.4. The molecule has 2 heterocycles. The van der Waals surface area contributed by atoms with Crippen LogP contribution in [-0.2, 0) is 12.6 Å². The van der Waals surface area contributed by atoms with Crippen LogP contribution in [0.1, 0.15) is 11.5 Å². The highest BCUT2D eigenvalue weighted by Crippen LogP contribution is 2.36. The van der Waals surface area contributed by atoms with Gasteiger partial charge in [-0.1, -0.05) is 30.3 Å². The third kappa shape index (κ3) is 2.53. The first-order valence-electron chi connectivity index (χ1n) is 6.28. The third-order valence-corrected chi connectivity index (χ3v) is 4.09. The number of aromatic nitrogens is 2. The molecular weight excluding hydrogens is 311 g/mol. The lowest BCUT2D eigenvalue weighted by Crippen LogP contribution is -2.12. The minimum absolute atomic E-state index is 0.118. The molecule has 1 aromatic carbocycles. The van der Waals surface area contributed by atoms with Crippen LogP contribution < -0.4 is 0 Å². The summed E-state index contributed by atoms with van der Waals surface area (Å²) in [7, 11) is 0. The molecule has 0 aliphatic rings. The van der Waals surface area contributed by atoms with Crippen LogP contribution in [0.15, 0.2) is 35.7 Å². The number of alkyl halides is 3. The highest BCUT2D eigenvalue weighted by Gasteiger charge is 2.36. The van der Waals surface area contributed by atoms with Crippen molar-refractivity contribution in [3.63, 3.8) is 0 Å². The number of fused-ring (bicyclic) bond motifs is 1. The SMILES string of the molecule is N#CCc1nc(C(F)(F)F)nc2c(-c3ccccc3)csc12. The molecule has 0 N–H and O–H groups in total. The molecule has 0 spiro atoms. The maximum Gasteiger partial charge on any atom is 0.451 e. The molecule has 0 radical (unpaired) electrons. The Morgan fingerprint density at radius 1 is 1.14 bits per heavy atom. The average Bonchev–Trinajstić information content (AvgIpc) is 2.91. The van der Waals surface area contributed by atoms with Gasteiger partial charge in [-0.3, -0.25) is 0 Å². The first-order valence-corrected chi connectivity index (χ1v) is 7.16. The summed E-state index contributed by atoms with van der Waals surface area (Å²) in [6.45, 7) is 0. The molecule has 0 fully saturated rings. The van der Waals surface area contributed by atoms with Crippen LogP contribution in [0.2, 0.25) is 0 Å². The number of thiophene rings is 1.